The fourth-order valence-corrected chi connectivity index (χ4v) is 3.87. The standard InChI is InChI=1S/C17H17FN4OS/c18-11-5-7-12(8-6-11)22-14-4-2-1-3-13(14)15(21-22)16(23)20-17-19-9-10-24-17/h5-8H,1-4,9-10H2,(H,19,20,23). The van der Waals surface area contributed by atoms with Crippen molar-refractivity contribution < 1.29 is 9.18 Å². The van der Waals surface area contributed by atoms with Gasteiger partial charge in [0.1, 0.15) is 5.82 Å². The second kappa shape index (κ2) is 6.39. The lowest BCUT2D eigenvalue weighted by Gasteiger charge is -2.14. The summed E-state index contributed by atoms with van der Waals surface area (Å²) in [5.41, 5.74) is 3.30. The average molecular weight is 344 g/mol. The van der Waals surface area contributed by atoms with Gasteiger partial charge in [0.2, 0.25) is 0 Å². The van der Waals surface area contributed by atoms with Crippen LogP contribution in [0.1, 0.15) is 34.6 Å². The molecule has 2 aliphatic rings. The Balaban J connectivity index is 1.72. The highest BCUT2D eigenvalue weighted by Crippen LogP contribution is 2.27. The number of halogens is 1. The van der Waals surface area contributed by atoms with Crippen LogP contribution >= 0.6 is 11.8 Å². The second-order valence-electron chi connectivity index (χ2n) is 5.86. The number of thioether (sulfide) groups is 1. The molecule has 124 valence electrons. The number of aliphatic imine (C=N–C) groups is 1. The fraction of sp³-hybridized carbons (Fsp3) is 0.353. The number of amidine groups is 1. The van der Waals surface area contributed by atoms with Crippen LogP contribution in [0.5, 0.6) is 0 Å². The zero-order chi connectivity index (χ0) is 16.5. The number of fused-ring (bicyclic) bond motifs is 1. The molecule has 0 fully saturated rings. The van der Waals surface area contributed by atoms with Gasteiger partial charge >= 0.3 is 0 Å². The molecule has 0 saturated heterocycles. The lowest BCUT2D eigenvalue weighted by atomic mass is 9.95. The molecule has 0 atom stereocenters. The normalized spacial score (nSPS) is 16.6. The average Bonchev–Trinajstić information content (AvgIpc) is 3.23. The minimum atomic E-state index is -0.283. The van der Waals surface area contributed by atoms with Gasteiger partial charge in [-0.1, -0.05) is 11.8 Å². The lowest BCUT2D eigenvalue weighted by Crippen LogP contribution is -2.28. The predicted octanol–water partition coefficient (Wildman–Crippen LogP) is 2.72. The number of nitrogens with zero attached hydrogens (tertiary/aromatic N) is 3. The first kappa shape index (κ1) is 15.4. The van der Waals surface area contributed by atoms with Crippen molar-refractivity contribution >= 4 is 22.8 Å². The predicted molar refractivity (Wildman–Crippen MR) is 92.4 cm³/mol. The third-order valence-corrected chi connectivity index (χ3v) is 5.16. The van der Waals surface area contributed by atoms with Gasteiger partial charge in [0.15, 0.2) is 10.9 Å². The number of carbonyl (C=O) groups is 1. The number of hydrogen-bond acceptors (Lipinski definition) is 4. The van der Waals surface area contributed by atoms with Crippen LogP contribution in [-0.2, 0) is 12.8 Å². The molecule has 1 aromatic heterocycles. The van der Waals surface area contributed by atoms with Crippen LogP contribution in [0.3, 0.4) is 0 Å². The minimum absolute atomic E-state index is 0.206. The Morgan fingerprint density at radius 1 is 1.21 bits per heavy atom. The summed E-state index contributed by atoms with van der Waals surface area (Å²) in [4.78, 5) is 16.9. The van der Waals surface area contributed by atoms with Crippen molar-refractivity contribution in [3.63, 3.8) is 0 Å². The van der Waals surface area contributed by atoms with Crippen molar-refractivity contribution in [1.29, 1.82) is 0 Å². The molecule has 2 aromatic rings. The maximum atomic E-state index is 13.2. The van der Waals surface area contributed by atoms with Crippen LogP contribution < -0.4 is 5.32 Å². The van der Waals surface area contributed by atoms with Crippen molar-refractivity contribution in [2.24, 2.45) is 4.99 Å². The summed E-state index contributed by atoms with van der Waals surface area (Å²) in [6.45, 7) is 0.738. The molecule has 0 spiro atoms. The molecule has 7 heteroatoms. The van der Waals surface area contributed by atoms with Crippen LogP contribution in [0.25, 0.3) is 5.69 Å². The summed E-state index contributed by atoms with van der Waals surface area (Å²) in [6, 6.07) is 6.21. The van der Waals surface area contributed by atoms with E-state index in [2.05, 4.69) is 15.4 Å². The first-order valence-electron chi connectivity index (χ1n) is 8.08. The van der Waals surface area contributed by atoms with Crippen molar-refractivity contribution in [3.8, 4) is 5.69 Å². The monoisotopic (exact) mass is 344 g/mol. The molecule has 5 nitrogen and oxygen atoms in total. The smallest absolute Gasteiger partial charge is 0.278 e. The zero-order valence-electron chi connectivity index (χ0n) is 13.1. The van der Waals surface area contributed by atoms with Crippen molar-refractivity contribution in [3.05, 3.63) is 47.0 Å². The number of rotatable bonds is 2. The molecular weight excluding hydrogens is 327 g/mol. The van der Waals surface area contributed by atoms with Crippen molar-refractivity contribution in [2.45, 2.75) is 25.7 Å². The van der Waals surface area contributed by atoms with Gasteiger partial charge in [0, 0.05) is 17.0 Å². The van der Waals surface area contributed by atoms with Gasteiger partial charge in [0.25, 0.3) is 5.91 Å². The SMILES string of the molecule is O=C(NC1=NCCS1)c1nn(-c2ccc(F)cc2)c2c1CCCC2. The van der Waals surface area contributed by atoms with Gasteiger partial charge < -0.3 is 0 Å². The van der Waals surface area contributed by atoms with Crippen molar-refractivity contribution in [1.82, 2.24) is 15.1 Å². The topological polar surface area (TPSA) is 59.3 Å². The van der Waals surface area contributed by atoms with E-state index in [-0.39, 0.29) is 11.7 Å². The molecule has 1 N–H and O–H groups in total. The first-order chi connectivity index (χ1) is 11.7. The molecule has 1 aliphatic carbocycles. The summed E-state index contributed by atoms with van der Waals surface area (Å²) >= 11 is 1.55. The molecule has 0 radical (unpaired) electrons. The Hall–Kier alpha value is -2.15. The minimum Gasteiger partial charge on any atom is -0.300 e. The van der Waals surface area contributed by atoms with Crippen LogP contribution in [0.2, 0.25) is 0 Å². The number of nitrogens with one attached hydrogen (secondary N) is 1. The molecule has 4 rings (SSSR count). The summed E-state index contributed by atoms with van der Waals surface area (Å²) in [5.74, 6) is 0.411. The lowest BCUT2D eigenvalue weighted by molar-refractivity contribution is 0.0971. The molecule has 0 unspecified atom stereocenters. The summed E-state index contributed by atoms with van der Waals surface area (Å²) in [6.07, 6.45) is 3.85. The Morgan fingerprint density at radius 2 is 2.00 bits per heavy atom. The van der Waals surface area contributed by atoms with E-state index in [0.29, 0.717) is 10.9 Å². The van der Waals surface area contributed by atoms with Gasteiger partial charge in [-0.25, -0.2) is 9.07 Å². The Labute approximate surface area is 143 Å². The number of benzene rings is 1. The van der Waals surface area contributed by atoms with Gasteiger partial charge in [-0.05, 0) is 49.9 Å². The maximum absolute atomic E-state index is 13.2. The van der Waals surface area contributed by atoms with E-state index < -0.39 is 0 Å². The fourth-order valence-electron chi connectivity index (χ4n) is 3.14. The number of hydrogen-bond donors (Lipinski definition) is 1. The van der Waals surface area contributed by atoms with E-state index >= 15 is 0 Å². The van der Waals surface area contributed by atoms with Gasteiger partial charge in [-0.15, -0.1) is 0 Å². The van der Waals surface area contributed by atoms with Crippen LogP contribution in [0.4, 0.5) is 4.39 Å². The van der Waals surface area contributed by atoms with Gasteiger partial charge in [0.05, 0.1) is 12.2 Å². The summed E-state index contributed by atoms with van der Waals surface area (Å²) in [5, 5.41) is 8.08. The van der Waals surface area contributed by atoms with E-state index in [1.807, 2.05) is 0 Å². The molecule has 0 bridgehead atoms. The molecular formula is C17H17FN4OS. The molecule has 0 saturated carbocycles. The van der Waals surface area contributed by atoms with Crippen LogP contribution in [-0.4, -0.2) is 33.2 Å². The summed E-state index contributed by atoms with van der Waals surface area (Å²) < 4.78 is 15.0. The molecule has 1 aromatic carbocycles. The first-order valence-corrected chi connectivity index (χ1v) is 9.06. The third-order valence-electron chi connectivity index (χ3n) is 4.27. The Morgan fingerprint density at radius 3 is 2.75 bits per heavy atom. The molecule has 24 heavy (non-hydrogen) atoms. The number of aromatic nitrogens is 2. The van der Waals surface area contributed by atoms with Gasteiger partial charge in [-0.3, -0.25) is 15.1 Å². The van der Waals surface area contributed by atoms with Crippen LogP contribution in [0.15, 0.2) is 29.3 Å². The van der Waals surface area contributed by atoms with Gasteiger partial charge in [-0.2, -0.15) is 5.10 Å². The van der Waals surface area contributed by atoms with E-state index in [4.69, 9.17) is 0 Å². The Kier molecular flexibility index (Phi) is 4.10. The highest BCUT2D eigenvalue weighted by Gasteiger charge is 2.26. The number of carbonyl (C=O) groups excluding carboxylic acids is 1. The number of amides is 1. The third kappa shape index (κ3) is 2.84. The van der Waals surface area contributed by atoms with Crippen molar-refractivity contribution in [2.75, 3.05) is 12.3 Å². The molecule has 1 aliphatic heterocycles. The summed E-state index contributed by atoms with van der Waals surface area (Å²) in [7, 11) is 0. The van der Waals surface area contributed by atoms with Crippen LogP contribution in [0, 0.1) is 5.82 Å². The maximum Gasteiger partial charge on any atom is 0.278 e. The van der Waals surface area contributed by atoms with E-state index in [9.17, 15) is 9.18 Å². The highest BCUT2D eigenvalue weighted by molar-refractivity contribution is 8.14. The van der Waals surface area contributed by atoms with E-state index in [0.717, 1.165) is 54.9 Å². The van der Waals surface area contributed by atoms with E-state index in [1.165, 1.54) is 12.1 Å². The highest BCUT2D eigenvalue weighted by atomic mass is 32.2. The second-order valence-corrected chi connectivity index (χ2v) is 6.94. The Bertz CT molecular complexity index is 813. The largest absolute Gasteiger partial charge is 0.300 e. The quantitative estimate of drug-likeness (QED) is 0.911. The zero-order valence-corrected chi connectivity index (χ0v) is 13.9. The molecule has 2 heterocycles. The molecule has 1 amide bonds. The van der Waals surface area contributed by atoms with E-state index in [1.54, 1.807) is 28.6 Å².